The Kier molecular flexibility index (Phi) is 6.06. The number of carbonyl (C=O) groups excluding carboxylic acids is 1. The number of carbonyl (C=O) groups is 2. The first-order chi connectivity index (χ1) is 8.82. The third-order valence-corrected chi connectivity index (χ3v) is 3.95. The molecule has 0 aliphatic carbocycles. The smallest absolute Gasteiger partial charge is 0.308 e. The fourth-order valence-electron chi connectivity index (χ4n) is 1.58. The molecule has 0 aliphatic heterocycles. The van der Waals surface area contributed by atoms with E-state index in [0.29, 0.717) is 10.6 Å². The molecule has 1 rings (SSSR count). The van der Waals surface area contributed by atoms with Crippen LogP contribution < -0.4 is 5.32 Å². The maximum atomic E-state index is 12.0. The van der Waals surface area contributed by atoms with E-state index in [0.717, 1.165) is 3.57 Å². The Hall–Kier alpha value is -0.820. The molecule has 0 fully saturated rings. The van der Waals surface area contributed by atoms with Crippen LogP contribution in [0.1, 0.15) is 24.2 Å². The summed E-state index contributed by atoms with van der Waals surface area (Å²) in [5, 5.41) is 12.2. The number of halogens is 2. The summed E-state index contributed by atoms with van der Waals surface area (Å²) in [6.07, 6.45) is 0. The van der Waals surface area contributed by atoms with Gasteiger partial charge in [-0.3, -0.25) is 9.59 Å². The average Bonchev–Trinajstić information content (AvgIpc) is 2.31. The molecule has 0 aliphatic rings. The van der Waals surface area contributed by atoms with Crippen LogP contribution in [0.3, 0.4) is 0 Å². The molecule has 0 heterocycles. The van der Waals surface area contributed by atoms with Crippen molar-refractivity contribution in [3.63, 3.8) is 0 Å². The largest absolute Gasteiger partial charge is 0.481 e. The first kappa shape index (κ1) is 16.2. The van der Waals surface area contributed by atoms with Gasteiger partial charge in [-0.1, -0.05) is 25.4 Å². The molecule has 0 bridgehead atoms. The lowest BCUT2D eigenvalue weighted by Gasteiger charge is -2.17. The number of amides is 1. The van der Waals surface area contributed by atoms with Gasteiger partial charge in [-0.15, -0.1) is 0 Å². The Balaban J connectivity index is 2.75. The first-order valence-electron chi connectivity index (χ1n) is 5.79. The van der Waals surface area contributed by atoms with Crippen LogP contribution in [0.2, 0.25) is 5.02 Å². The van der Waals surface area contributed by atoms with Crippen LogP contribution in [-0.4, -0.2) is 23.5 Å². The van der Waals surface area contributed by atoms with Crippen molar-refractivity contribution in [2.75, 3.05) is 6.54 Å². The molecule has 1 atom stereocenters. The van der Waals surface area contributed by atoms with Gasteiger partial charge in [-0.25, -0.2) is 0 Å². The Bertz CT molecular complexity index is 491. The van der Waals surface area contributed by atoms with Gasteiger partial charge in [0.1, 0.15) is 0 Å². The molecule has 2 N–H and O–H groups in total. The minimum atomic E-state index is -0.906. The lowest BCUT2D eigenvalue weighted by Crippen LogP contribution is -2.35. The van der Waals surface area contributed by atoms with Gasteiger partial charge < -0.3 is 10.4 Å². The molecule has 1 unspecified atom stereocenters. The van der Waals surface area contributed by atoms with E-state index in [4.69, 9.17) is 16.7 Å². The standard InChI is InChI=1S/C13H15ClINO3/c1-7(2)10(13(18)19)6-16-12(17)9-5-8(14)3-4-11(9)15/h3-5,7,10H,6H2,1-2H3,(H,16,17)(H,18,19). The first-order valence-corrected chi connectivity index (χ1v) is 7.24. The molecule has 1 amide bonds. The van der Waals surface area contributed by atoms with Crippen molar-refractivity contribution in [2.45, 2.75) is 13.8 Å². The third-order valence-electron chi connectivity index (χ3n) is 2.78. The Labute approximate surface area is 130 Å². The molecule has 4 nitrogen and oxygen atoms in total. The fourth-order valence-corrected chi connectivity index (χ4v) is 2.33. The summed E-state index contributed by atoms with van der Waals surface area (Å²) in [7, 11) is 0. The molecule has 1 aromatic carbocycles. The van der Waals surface area contributed by atoms with Crippen molar-refractivity contribution >= 4 is 46.1 Å². The summed E-state index contributed by atoms with van der Waals surface area (Å²) in [4.78, 5) is 23.0. The van der Waals surface area contributed by atoms with Crippen molar-refractivity contribution in [2.24, 2.45) is 11.8 Å². The molecule has 6 heteroatoms. The Morgan fingerprint density at radius 3 is 2.58 bits per heavy atom. The van der Waals surface area contributed by atoms with Crippen LogP contribution in [0.15, 0.2) is 18.2 Å². The molecule has 0 radical (unpaired) electrons. The van der Waals surface area contributed by atoms with Crippen LogP contribution >= 0.6 is 34.2 Å². The van der Waals surface area contributed by atoms with E-state index in [9.17, 15) is 9.59 Å². The van der Waals surface area contributed by atoms with E-state index in [2.05, 4.69) is 5.32 Å². The zero-order valence-corrected chi connectivity index (χ0v) is 13.5. The molecule has 0 spiro atoms. The minimum absolute atomic E-state index is 0.0452. The fraction of sp³-hybridized carbons (Fsp3) is 0.385. The highest BCUT2D eigenvalue weighted by atomic mass is 127. The second kappa shape index (κ2) is 7.09. The summed E-state index contributed by atoms with van der Waals surface area (Å²) in [5.74, 6) is -1.85. The second-order valence-corrected chi connectivity index (χ2v) is 6.12. The summed E-state index contributed by atoms with van der Waals surface area (Å²) >= 11 is 7.89. The van der Waals surface area contributed by atoms with Crippen LogP contribution in [0, 0.1) is 15.4 Å². The predicted molar refractivity (Wildman–Crippen MR) is 82.5 cm³/mol. The van der Waals surface area contributed by atoms with E-state index in [1.165, 1.54) is 0 Å². The number of aliphatic carboxylic acids is 1. The second-order valence-electron chi connectivity index (χ2n) is 4.52. The molecule has 19 heavy (non-hydrogen) atoms. The van der Waals surface area contributed by atoms with E-state index >= 15 is 0 Å². The van der Waals surface area contributed by atoms with Crippen LogP contribution in [0.4, 0.5) is 0 Å². The van der Waals surface area contributed by atoms with Gasteiger partial charge in [-0.2, -0.15) is 0 Å². The maximum absolute atomic E-state index is 12.0. The van der Waals surface area contributed by atoms with Crippen LogP contribution in [-0.2, 0) is 4.79 Å². The van der Waals surface area contributed by atoms with Crippen molar-refractivity contribution in [1.82, 2.24) is 5.32 Å². The molecule has 1 aromatic rings. The highest BCUT2D eigenvalue weighted by molar-refractivity contribution is 14.1. The predicted octanol–water partition coefficient (Wildman–Crippen LogP) is 3.03. The van der Waals surface area contributed by atoms with Crippen LogP contribution in [0.5, 0.6) is 0 Å². The van der Waals surface area contributed by atoms with Gasteiger partial charge in [0.15, 0.2) is 0 Å². The quantitative estimate of drug-likeness (QED) is 0.753. The molecular weight excluding hydrogens is 381 g/mol. The molecular formula is C13H15ClINO3. The third kappa shape index (κ3) is 4.65. The zero-order valence-electron chi connectivity index (χ0n) is 10.6. The highest BCUT2D eigenvalue weighted by Gasteiger charge is 2.22. The Morgan fingerprint density at radius 1 is 1.42 bits per heavy atom. The summed E-state index contributed by atoms with van der Waals surface area (Å²) < 4.78 is 0.774. The van der Waals surface area contributed by atoms with Crippen molar-refractivity contribution < 1.29 is 14.7 Å². The van der Waals surface area contributed by atoms with Crippen molar-refractivity contribution in [3.05, 3.63) is 32.4 Å². The lowest BCUT2D eigenvalue weighted by atomic mass is 9.96. The summed E-state index contributed by atoms with van der Waals surface area (Å²) in [6.45, 7) is 3.73. The maximum Gasteiger partial charge on any atom is 0.308 e. The van der Waals surface area contributed by atoms with Gasteiger partial charge in [0, 0.05) is 15.1 Å². The number of carboxylic acid groups (broad SMARTS) is 1. The number of nitrogens with one attached hydrogen (secondary N) is 1. The Morgan fingerprint density at radius 2 is 2.05 bits per heavy atom. The summed E-state index contributed by atoms with van der Waals surface area (Å²) in [6, 6.07) is 5.02. The van der Waals surface area contributed by atoms with Crippen molar-refractivity contribution in [1.29, 1.82) is 0 Å². The molecule has 0 saturated heterocycles. The van der Waals surface area contributed by atoms with E-state index in [1.807, 2.05) is 36.4 Å². The van der Waals surface area contributed by atoms with Gasteiger partial charge in [0.05, 0.1) is 11.5 Å². The molecule has 0 aromatic heterocycles. The average molecular weight is 396 g/mol. The highest BCUT2D eigenvalue weighted by Crippen LogP contribution is 2.18. The monoisotopic (exact) mass is 395 g/mol. The molecule has 0 saturated carbocycles. The lowest BCUT2D eigenvalue weighted by molar-refractivity contribution is -0.142. The van der Waals surface area contributed by atoms with Gasteiger partial charge in [0.25, 0.3) is 5.91 Å². The van der Waals surface area contributed by atoms with Gasteiger partial charge in [0.2, 0.25) is 0 Å². The van der Waals surface area contributed by atoms with Gasteiger partial charge in [-0.05, 0) is 46.7 Å². The number of benzene rings is 1. The van der Waals surface area contributed by atoms with E-state index < -0.39 is 11.9 Å². The van der Waals surface area contributed by atoms with Crippen molar-refractivity contribution in [3.8, 4) is 0 Å². The zero-order chi connectivity index (χ0) is 14.6. The number of hydrogen-bond acceptors (Lipinski definition) is 2. The number of rotatable bonds is 5. The van der Waals surface area contributed by atoms with E-state index in [-0.39, 0.29) is 18.4 Å². The van der Waals surface area contributed by atoms with Gasteiger partial charge >= 0.3 is 5.97 Å². The number of hydrogen-bond donors (Lipinski definition) is 2. The normalized spacial score (nSPS) is 12.3. The minimum Gasteiger partial charge on any atom is -0.481 e. The van der Waals surface area contributed by atoms with E-state index in [1.54, 1.807) is 18.2 Å². The van der Waals surface area contributed by atoms with Crippen LogP contribution in [0.25, 0.3) is 0 Å². The number of carboxylic acids is 1. The SMILES string of the molecule is CC(C)C(CNC(=O)c1cc(Cl)ccc1I)C(=O)O. The summed E-state index contributed by atoms with van der Waals surface area (Å²) in [5.41, 5.74) is 0.459. The topological polar surface area (TPSA) is 66.4 Å². The molecule has 104 valence electrons.